The van der Waals surface area contributed by atoms with E-state index in [-0.39, 0.29) is 17.5 Å². The summed E-state index contributed by atoms with van der Waals surface area (Å²) in [5, 5.41) is 6.57. The van der Waals surface area contributed by atoms with Crippen LogP contribution in [0.3, 0.4) is 0 Å². The zero-order valence-electron chi connectivity index (χ0n) is 12.6. The first-order chi connectivity index (χ1) is 9.66. The highest BCUT2D eigenvalue weighted by atomic mass is 16.2. The summed E-state index contributed by atoms with van der Waals surface area (Å²) in [5.41, 5.74) is 1.01. The van der Waals surface area contributed by atoms with Crippen molar-refractivity contribution in [3.63, 3.8) is 0 Å². The molecule has 2 unspecified atom stereocenters. The second kappa shape index (κ2) is 6.89. The summed E-state index contributed by atoms with van der Waals surface area (Å²) in [6, 6.07) is 10.7. The Labute approximate surface area is 122 Å². The molecule has 20 heavy (non-hydrogen) atoms. The number of nitrogens with one attached hydrogen (secondary N) is 2. The van der Waals surface area contributed by atoms with Crippen LogP contribution in [0.25, 0.3) is 0 Å². The summed E-state index contributed by atoms with van der Waals surface area (Å²) >= 11 is 0. The quantitative estimate of drug-likeness (QED) is 0.837. The van der Waals surface area contributed by atoms with Crippen molar-refractivity contribution in [2.24, 2.45) is 0 Å². The van der Waals surface area contributed by atoms with Crippen LogP contribution in [0.4, 0.5) is 0 Å². The maximum absolute atomic E-state index is 12.4. The monoisotopic (exact) mass is 274 g/mol. The van der Waals surface area contributed by atoms with E-state index in [1.165, 1.54) is 5.56 Å². The second-order valence-corrected chi connectivity index (χ2v) is 5.86. The van der Waals surface area contributed by atoms with E-state index in [9.17, 15) is 4.79 Å². The number of carbonyl (C=O) groups excluding carboxylic acids is 1. The number of carbonyl (C=O) groups is 1. The van der Waals surface area contributed by atoms with E-state index in [0.717, 1.165) is 38.6 Å². The van der Waals surface area contributed by atoms with Gasteiger partial charge in [0.05, 0.1) is 5.54 Å². The van der Waals surface area contributed by atoms with Gasteiger partial charge in [0, 0.05) is 6.04 Å². The van der Waals surface area contributed by atoms with Crippen molar-refractivity contribution in [3.8, 4) is 0 Å². The second-order valence-electron chi connectivity index (χ2n) is 5.86. The predicted octanol–water partition coefficient (Wildman–Crippen LogP) is 2.66. The number of hydrogen-bond acceptors (Lipinski definition) is 2. The fourth-order valence-electron chi connectivity index (χ4n) is 2.92. The van der Waals surface area contributed by atoms with Crippen LogP contribution in [-0.2, 0) is 11.2 Å². The number of rotatable bonds is 6. The van der Waals surface area contributed by atoms with Crippen LogP contribution in [0, 0.1) is 0 Å². The smallest absolute Gasteiger partial charge is 0.240 e. The van der Waals surface area contributed by atoms with E-state index in [2.05, 4.69) is 48.7 Å². The van der Waals surface area contributed by atoms with E-state index in [1.54, 1.807) is 0 Å². The molecule has 2 atom stereocenters. The Morgan fingerprint density at radius 2 is 2.15 bits per heavy atom. The fraction of sp³-hybridized carbons (Fsp3) is 0.588. The minimum absolute atomic E-state index is 0.179. The predicted molar refractivity (Wildman–Crippen MR) is 82.6 cm³/mol. The van der Waals surface area contributed by atoms with E-state index < -0.39 is 0 Å². The van der Waals surface area contributed by atoms with Gasteiger partial charge in [0.2, 0.25) is 5.91 Å². The zero-order valence-corrected chi connectivity index (χ0v) is 12.6. The molecule has 1 aromatic rings. The van der Waals surface area contributed by atoms with Crippen molar-refractivity contribution in [2.75, 3.05) is 6.54 Å². The highest BCUT2D eigenvalue weighted by Crippen LogP contribution is 2.23. The summed E-state index contributed by atoms with van der Waals surface area (Å²) in [4.78, 5) is 12.4. The van der Waals surface area contributed by atoms with Gasteiger partial charge in [0.1, 0.15) is 0 Å². The normalized spacial score (nSPS) is 23.5. The molecular formula is C17H26N2O. The summed E-state index contributed by atoms with van der Waals surface area (Å²) < 4.78 is 0. The lowest BCUT2D eigenvalue weighted by Gasteiger charge is -2.28. The van der Waals surface area contributed by atoms with Crippen LogP contribution >= 0.6 is 0 Å². The van der Waals surface area contributed by atoms with Gasteiger partial charge < -0.3 is 10.6 Å². The third-order valence-corrected chi connectivity index (χ3v) is 4.37. The molecule has 3 nitrogen and oxygen atoms in total. The van der Waals surface area contributed by atoms with Gasteiger partial charge in [-0.05, 0) is 51.1 Å². The van der Waals surface area contributed by atoms with Crippen LogP contribution < -0.4 is 10.6 Å². The molecule has 1 aromatic carbocycles. The molecule has 1 fully saturated rings. The van der Waals surface area contributed by atoms with Crippen LogP contribution in [0.15, 0.2) is 30.3 Å². The van der Waals surface area contributed by atoms with Gasteiger partial charge in [-0.3, -0.25) is 4.79 Å². The molecule has 0 radical (unpaired) electrons. The summed E-state index contributed by atoms with van der Waals surface area (Å²) in [5.74, 6) is 0.179. The number of aryl methyl sites for hydroxylation is 1. The molecule has 1 aliphatic rings. The average Bonchev–Trinajstić information content (AvgIpc) is 2.96. The molecule has 2 N–H and O–H groups in total. The lowest BCUT2D eigenvalue weighted by molar-refractivity contribution is -0.127. The van der Waals surface area contributed by atoms with Gasteiger partial charge in [-0.2, -0.15) is 0 Å². The molecule has 0 aromatic heterocycles. The maximum atomic E-state index is 12.4. The van der Waals surface area contributed by atoms with Crippen molar-refractivity contribution < 1.29 is 4.79 Å². The molecule has 110 valence electrons. The van der Waals surface area contributed by atoms with Crippen molar-refractivity contribution in [1.82, 2.24) is 10.6 Å². The summed E-state index contributed by atoms with van der Waals surface area (Å²) in [7, 11) is 0. The van der Waals surface area contributed by atoms with Crippen LogP contribution in [-0.4, -0.2) is 24.0 Å². The molecule has 0 saturated carbocycles. The number of hydrogen-bond donors (Lipinski definition) is 2. The third kappa shape index (κ3) is 3.60. The number of benzene rings is 1. The Hall–Kier alpha value is -1.35. The largest absolute Gasteiger partial charge is 0.352 e. The standard InChI is InChI=1S/C17H26N2O/c1-3-17(12-7-13-18-17)16(20)19-14(2)10-11-15-8-5-4-6-9-15/h4-6,8-9,14,18H,3,7,10-13H2,1-2H3,(H,19,20). The first kappa shape index (κ1) is 15.0. The van der Waals surface area contributed by atoms with Gasteiger partial charge in [-0.1, -0.05) is 37.3 Å². The zero-order chi connectivity index (χ0) is 14.4. The SMILES string of the molecule is CCC1(C(=O)NC(C)CCc2ccccc2)CCCN1. The van der Waals surface area contributed by atoms with E-state index in [1.807, 2.05) is 6.07 Å². The Balaban J connectivity index is 1.82. The minimum Gasteiger partial charge on any atom is -0.352 e. The maximum Gasteiger partial charge on any atom is 0.240 e. The molecule has 1 heterocycles. The van der Waals surface area contributed by atoms with E-state index in [4.69, 9.17) is 0 Å². The highest BCUT2D eigenvalue weighted by Gasteiger charge is 2.39. The highest BCUT2D eigenvalue weighted by molar-refractivity contribution is 5.86. The average molecular weight is 274 g/mol. The topological polar surface area (TPSA) is 41.1 Å². The summed E-state index contributed by atoms with van der Waals surface area (Å²) in [6.07, 6.45) is 4.91. The van der Waals surface area contributed by atoms with Gasteiger partial charge in [0.15, 0.2) is 0 Å². The molecule has 2 rings (SSSR count). The molecule has 1 saturated heterocycles. The van der Waals surface area contributed by atoms with Crippen molar-refractivity contribution >= 4 is 5.91 Å². The van der Waals surface area contributed by atoms with Crippen LogP contribution in [0.5, 0.6) is 0 Å². The molecule has 0 bridgehead atoms. The van der Waals surface area contributed by atoms with Gasteiger partial charge >= 0.3 is 0 Å². The molecule has 0 spiro atoms. The Bertz CT molecular complexity index is 424. The third-order valence-electron chi connectivity index (χ3n) is 4.37. The molecule has 0 aliphatic carbocycles. The Morgan fingerprint density at radius 3 is 2.75 bits per heavy atom. The lowest BCUT2D eigenvalue weighted by Crippen LogP contribution is -2.55. The van der Waals surface area contributed by atoms with Gasteiger partial charge in [0.25, 0.3) is 0 Å². The number of amides is 1. The van der Waals surface area contributed by atoms with E-state index >= 15 is 0 Å². The van der Waals surface area contributed by atoms with Crippen LogP contribution in [0.1, 0.15) is 45.1 Å². The first-order valence-corrected chi connectivity index (χ1v) is 7.76. The molecular weight excluding hydrogens is 248 g/mol. The molecule has 3 heteroatoms. The van der Waals surface area contributed by atoms with E-state index in [0.29, 0.717) is 0 Å². The van der Waals surface area contributed by atoms with Crippen LogP contribution in [0.2, 0.25) is 0 Å². The molecule has 1 aliphatic heterocycles. The Morgan fingerprint density at radius 1 is 1.40 bits per heavy atom. The van der Waals surface area contributed by atoms with Crippen molar-refractivity contribution in [2.45, 2.75) is 57.5 Å². The molecule has 1 amide bonds. The lowest BCUT2D eigenvalue weighted by atomic mass is 9.92. The van der Waals surface area contributed by atoms with Gasteiger partial charge in [-0.25, -0.2) is 0 Å². The van der Waals surface area contributed by atoms with Gasteiger partial charge in [-0.15, -0.1) is 0 Å². The minimum atomic E-state index is -0.318. The van der Waals surface area contributed by atoms with Crippen molar-refractivity contribution in [1.29, 1.82) is 0 Å². The Kier molecular flexibility index (Phi) is 5.18. The first-order valence-electron chi connectivity index (χ1n) is 7.76. The van der Waals surface area contributed by atoms with Crippen molar-refractivity contribution in [3.05, 3.63) is 35.9 Å². The summed E-state index contributed by atoms with van der Waals surface area (Å²) in [6.45, 7) is 5.14. The fourth-order valence-corrected chi connectivity index (χ4v) is 2.92.